The molecule has 0 fully saturated rings. The molecule has 2 aromatic heterocycles. The van der Waals surface area contributed by atoms with E-state index in [1.165, 1.54) is 20.9 Å². The van der Waals surface area contributed by atoms with E-state index in [0.717, 1.165) is 13.1 Å². The van der Waals surface area contributed by atoms with E-state index in [-0.39, 0.29) is 0 Å². The van der Waals surface area contributed by atoms with E-state index in [1.54, 1.807) is 0 Å². The van der Waals surface area contributed by atoms with Crippen LogP contribution in [0.2, 0.25) is 0 Å². The van der Waals surface area contributed by atoms with Crippen molar-refractivity contribution in [1.29, 1.82) is 0 Å². The quantitative estimate of drug-likeness (QED) is 0.777. The molecule has 0 aliphatic rings. The van der Waals surface area contributed by atoms with Gasteiger partial charge in [0.1, 0.15) is 0 Å². The van der Waals surface area contributed by atoms with Crippen molar-refractivity contribution in [2.75, 3.05) is 0 Å². The normalized spacial score (nSPS) is 10.8. The first kappa shape index (κ1) is 13.1. The van der Waals surface area contributed by atoms with Gasteiger partial charge in [0.15, 0.2) is 0 Å². The lowest BCUT2D eigenvalue weighted by atomic mass is 10.2. The molecule has 2 heterocycles. The van der Waals surface area contributed by atoms with E-state index in [1.807, 2.05) is 41.5 Å². The van der Waals surface area contributed by atoms with E-state index in [4.69, 9.17) is 0 Å². The predicted octanol–water partition coefficient (Wildman–Crippen LogP) is 3.44. The molecule has 3 rings (SSSR count). The van der Waals surface area contributed by atoms with Crippen LogP contribution < -0.4 is 5.32 Å². The van der Waals surface area contributed by atoms with E-state index in [9.17, 15) is 0 Å². The second-order valence-electron chi connectivity index (χ2n) is 4.76. The standard InChI is InChI=1S/C16H17N3S/c1-19-12-13(10-18-19)9-17-11-15-7-8-16(20-15)14-5-3-2-4-6-14/h2-8,10,12,17H,9,11H2,1H3. The maximum Gasteiger partial charge on any atom is 0.0534 e. The fourth-order valence-corrected chi connectivity index (χ4v) is 3.11. The summed E-state index contributed by atoms with van der Waals surface area (Å²) >= 11 is 1.84. The van der Waals surface area contributed by atoms with Gasteiger partial charge in [-0.25, -0.2) is 0 Å². The Morgan fingerprint density at radius 1 is 1.10 bits per heavy atom. The molecule has 0 bridgehead atoms. The van der Waals surface area contributed by atoms with Crippen LogP contribution in [0.25, 0.3) is 10.4 Å². The highest BCUT2D eigenvalue weighted by Gasteiger charge is 2.02. The summed E-state index contributed by atoms with van der Waals surface area (Å²) in [4.78, 5) is 2.68. The van der Waals surface area contributed by atoms with Gasteiger partial charge in [-0.05, 0) is 17.7 Å². The molecule has 0 saturated heterocycles. The summed E-state index contributed by atoms with van der Waals surface area (Å²) < 4.78 is 1.83. The Bertz CT molecular complexity index is 670. The van der Waals surface area contributed by atoms with Crippen LogP contribution in [0, 0.1) is 0 Å². The Labute approximate surface area is 122 Å². The molecule has 3 aromatic rings. The fraction of sp³-hybridized carbons (Fsp3) is 0.188. The Balaban J connectivity index is 1.58. The number of rotatable bonds is 5. The van der Waals surface area contributed by atoms with Crippen LogP contribution in [-0.2, 0) is 20.1 Å². The Hall–Kier alpha value is -1.91. The summed E-state index contributed by atoms with van der Waals surface area (Å²) in [7, 11) is 1.94. The molecule has 0 spiro atoms. The van der Waals surface area contributed by atoms with Crippen LogP contribution in [0.4, 0.5) is 0 Å². The molecule has 4 heteroatoms. The first-order valence-corrected chi connectivity index (χ1v) is 7.45. The van der Waals surface area contributed by atoms with Crippen LogP contribution >= 0.6 is 11.3 Å². The largest absolute Gasteiger partial charge is 0.308 e. The van der Waals surface area contributed by atoms with Crippen molar-refractivity contribution in [2.45, 2.75) is 13.1 Å². The molecule has 0 radical (unpaired) electrons. The van der Waals surface area contributed by atoms with Crippen LogP contribution in [0.5, 0.6) is 0 Å². The van der Waals surface area contributed by atoms with Crippen molar-refractivity contribution in [3.8, 4) is 10.4 Å². The Morgan fingerprint density at radius 2 is 1.95 bits per heavy atom. The molecular weight excluding hydrogens is 266 g/mol. The zero-order valence-electron chi connectivity index (χ0n) is 11.4. The van der Waals surface area contributed by atoms with Crippen LogP contribution in [-0.4, -0.2) is 9.78 Å². The van der Waals surface area contributed by atoms with Crippen molar-refractivity contribution in [1.82, 2.24) is 15.1 Å². The number of aromatic nitrogens is 2. The van der Waals surface area contributed by atoms with Gasteiger partial charge >= 0.3 is 0 Å². The maximum atomic E-state index is 4.17. The minimum absolute atomic E-state index is 0.854. The zero-order valence-corrected chi connectivity index (χ0v) is 12.2. The molecule has 1 N–H and O–H groups in total. The third-order valence-corrected chi connectivity index (χ3v) is 4.24. The summed E-state index contributed by atoms with van der Waals surface area (Å²) in [6.07, 6.45) is 3.94. The van der Waals surface area contributed by atoms with Crippen LogP contribution in [0.3, 0.4) is 0 Å². The molecule has 0 aliphatic carbocycles. The summed E-state index contributed by atoms with van der Waals surface area (Å²) in [5.41, 5.74) is 2.50. The third kappa shape index (κ3) is 3.15. The summed E-state index contributed by atoms with van der Waals surface area (Å²) in [5, 5.41) is 7.62. The summed E-state index contributed by atoms with van der Waals surface area (Å²) in [6, 6.07) is 14.9. The van der Waals surface area contributed by atoms with E-state index >= 15 is 0 Å². The number of thiophene rings is 1. The van der Waals surface area contributed by atoms with Crippen LogP contribution in [0.15, 0.2) is 54.9 Å². The molecule has 3 nitrogen and oxygen atoms in total. The molecule has 0 saturated carbocycles. The summed E-state index contributed by atoms with van der Waals surface area (Å²) in [5.74, 6) is 0. The highest BCUT2D eigenvalue weighted by Crippen LogP contribution is 2.27. The van der Waals surface area contributed by atoms with Gasteiger partial charge < -0.3 is 5.32 Å². The molecular formula is C16H17N3S. The molecule has 102 valence electrons. The predicted molar refractivity (Wildman–Crippen MR) is 83.5 cm³/mol. The highest BCUT2D eigenvalue weighted by molar-refractivity contribution is 7.15. The molecule has 20 heavy (non-hydrogen) atoms. The Morgan fingerprint density at radius 3 is 2.70 bits per heavy atom. The molecule has 0 aliphatic heterocycles. The second kappa shape index (κ2) is 6.03. The van der Waals surface area contributed by atoms with Crippen molar-refractivity contribution in [2.24, 2.45) is 7.05 Å². The minimum atomic E-state index is 0.854. The van der Waals surface area contributed by atoms with Gasteiger partial charge in [-0.2, -0.15) is 5.10 Å². The first-order chi connectivity index (χ1) is 9.81. The van der Waals surface area contributed by atoms with E-state index in [0.29, 0.717) is 0 Å². The van der Waals surface area contributed by atoms with E-state index in [2.05, 4.69) is 46.8 Å². The van der Waals surface area contributed by atoms with Gasteiger partial charge in [0, 0.05) is 41.7 Å². The molecule has 0 unspecified atom stereocenters. The lowest BCUT2D eigenvalue weighted by Gasteiger charge is -2.00. The average Bonchev–Trinajstić information content (AvgIpc) is 3.09. The monoisotopic (exact) mass is 283 g/mol. The van der Waals surface area contributed by atoms with Crippen molar-refractivity contribution < 1.29 is 0 Å². The van der Waals surface area contributed by atoms with Gasteiger partial charge in [-0.15, -0.1) is 11.3 Å². The van der Waals surface area contributed by atoms with Gasteiger partial charge in [-0.1, -0.05) is 30.3 Å². The van der Waals surface area contributed by atoms with E-state index < -0.39 is 0 Å². The van der Waals surface area contributed by atoms with Gasteiger partial charge in [-0.3, -0.25) is 4.68 Å². The minimum Gasteiger partial charge on any atom is -0.308 e. The third-order valence-electron chi connectivity index (χ3n) is 3.11. The fourth-order valence-electron chi connectivity index (χ4n) is 2.12. The van der Waals surface area contributed by atoms with Gasteiger partial charge in [0.25, 0.3) is 0 Å². The highest BCUT2D eigenvalue weighted by atomic mass is 32.1. The van der Waals surface area contributed by atoms with Crippen molar-refractivity contribution in [3.63, 3.8) is 0 Å². The first-order valence-electron chi connectivity index (χ1n) is 6.63. The second-order valence-corrected chi connectivity index (χ2v) is 5.93. The van der Waals surface area contributed by atoms with Crippen molar-refractivity contribution >= 4 is 11.3 Å². The lowest BCUT2D eigenvalue weighted by molar-refractivity contribution is 0.699. The average molecular weight is 283 g/mol. The van der Waals surface area contributed by atoms with Crippen LogP contribution in [0.1, 0.15) is 10.4 Å². The smallest absolute Gasteiger partial charge is 0.0534 e. The number of benzene rings is 1. The topological polar surface area (TPSA) is 29.9 Å². The molecule has 0 atom stereocenters. The molecule has 0 amide bonds. The van der Waals surface area contributed by atoms with Gasteiger partial charge in [0.2, 0.25) is 0 Å². The number of hydrogen-bond donors (Lipinski definition) is 1. The SMILES string of the molecule is Cn1cc(CNCc2ccc(-c3ccccc3)s2)cn1. The zero-order chi connectivity index (χ0) is 13.8. The molecule has 1 aromatic carbocycles. The Kier molecular flexibility index (Phi) is 3.95. The van der Waals surface area contributed by atoms with Crippen molar-refractivity contribution in [3.05, 3.63) is 65.3 Å². The van der Waals surface area contributed by atoms with Gasteiger partial charge in [0.05, 0.1) is 6.20 Å². The summed E-state index contributed by atoms with van der Waals surface area (Å²) in [6.45, 7) is 1.75. The number of aryl methyl sites for hydroxylation is 1. The maximum absolute atomic E-state index is 4.17. The number of nitrogens with one attached hydrogen (secondary N) is 1. The number of nitrogens with zero attached hydrogens (tertiary/aromatic N) is 2. The number of hydrogen-bond acceptors (Lipinski definition) is 3. The lowest BCUT2D eigenvalue weighted by Crippen LogP contribution is -2.11.